The Balaban J connectivity index is 2.53. The van der Waals surface area contributed by atoms with Crippen LogP contribution < -0.4 is 11.2 Å². The molecule has 0 radical (unpaired) electrons. The van der Waals surface area contributed by atoms with Crippen LogP contribution in [-0.2, 0) is 20.6 Å². The Kier molecular flexibility index (Phi) is 2.19. The molecule has 1 atom stereocenters. The average Bonchev–Trinajstić information content (AvgIpc) is 2.85. The lowest BCUT2D eigenvalue weighted by atomic mass is 10.2. The molecule has 7 nitrogen and oxygen atoms in total. The minimum Gasteiger partial charge on any atom is -0.393 e. The lowest BCUT2D eigenvalue weighted by Crippen LogP contribution is -2.39. The first-order chi connectivity index (χ1) is 12.1. The summed E-state index contributed by atoms with van der Waals surface area (Å²) in [4.78, 5) is 28.8. The summed E-state index contributed by atoms with van der Waals surface area (Å²) < 4.78 is 55.1. The fourth-order valence-corrected chi connectivity index (χ4v) is 1.92. The van der Waals surface area contributed by atoms with Crippen LogP contribution in [0.15, 0.2) is 15.9 Å². The van der Waals surface area contributed by atoms with Crippen LogP contribution in [0.25, 0.3) is 11.2 Å². The van der Waals surface area contributed by atoms with E-state index in [0.717, 1.165) is 16.1 Å². The van der Waals surface area contributed by atoms with Gasteiger partial charge in [0.2, 0.25) is 0 Å². The Morgan fingerprint density at radius 1 is 1.60 bits per heavy atom. The van der Waals surface area contributed by atoms with Crippen molar-refractivity contribution in [2.45, 2.75) is 38.8 Å². The summed E-state index contributed by atoms with van der Waals surface area (Å²) >= 11 is 0. The molecule has 0 amide bonds. The maximum atomic E-state index is 12.7. The van der Waals surface area contributed by atoms with E-state index in [-0.39, 0.29) is 25.0 Å². The van der Waals surface area contributed by atoms with Gasteiger partial charge >= 0.3 is 5.69 Å². The zero-order chi connectivity index (χ0) is 20.9. The number of nitrogens with zero attached hydrogens (tertiary/aromatic N) is 4. The third-order valence-electron chi connectivity index (χ3n) is 2.91. The van der Waals surface area contributed by atoms with Crippen molar-refractivity contribution in [1.82, 2.24) is 18.7 Å². The molecule has 2 aromatic heterocycles. The van der Waals surface area contributed by atoms with Gasteiger partial charge in [-0.25, -0.2) is 9.78 Å². The molecule has 0 saturated heterocycles. The molecule has 0 aromatic carbocycles. The van der Waals surface area contributed by atoms with E-state index >= 15 is 0 Å². The zero-order valence-corrected chi connectivity index (χ0v) is 11.2. The SMILES string of the molecule is [2H]c1nc2c(c(=O)n(CCCC([2H])([2H])C([2H])(C)O)c(=O)n2C)n1C([2H])([2H])[2H]. The first kappa shape index (κ1) is 7.78. The molecule has 1 N–H and O–H groups in total. The van der Waals surface area contributed by atoms with Gasteiger partial charge in [-0.3, -0.25) is 13.9 Å². The smallest absolute Gasteiger partial charge is 0.332 e. The molecule has 0 aliphatic heterocycles. The van der Waals surface area contributed by atoms with Gasteiger partial charge < -0.3 is 9.67 Å². The first-order valence-electron chi connectivity index (χ1n) is 9.51. The van der Waals surface area contributed by atoms with Crippen molar-refractivity contribution in [3.8, 4) is 0 Å². The highest BCUT2D eigenvalue weighted by Gasteiger charge is 2.14. The van der Waals surface area contributed by atoms with Gasteiger partial charge in [-0.2, -0.15) is 0 Å². The van der Waals surface area contributed by atoms with Crippen LogP contribution >= 0.6 is 0 Å². The van der Waals surface area contributed by atoms with E-state index in [2.05, 4.69) is 4.98 Å². The monoisotopic (exact) mass is 287 g/mol. The molecule has 0 aliphatic rings. The predicted octanol–water partition coefficient (Wildman–Crippen LogP) is -0.0152. The molecule has 0 aliphatic carbocycles. The van der Waals surface area contributed by atoms with E-state index in [1.54, 1.807) is 0 Å². The van der Waals surface area contributed by atoms with E-state index in [0.29, 0.717) is 4.57 Å². The van der Waals surface area contributed by atoms with Crippen LogP contribution in [0.4, 0.5) is 0 Å². The molecule has 110 valence electrons. The molecule has 2 rings (SSSR count). The van der Waals surface area contributed by atoms with Crippen LogP contribution in [0.3, 0.4) is 0 Å². The van der Waals surface area contributed by atoms with Crippen LogP contribution in [0.2, 0.25) is 0 Å². The summed E-state index contributed by atoms with van der Waals surface area (Å²) in [5, 5.41) is 9.53. The fraction of sp³-hybridized carbons (Fsp3) is 0.615. The van der Waals surface area contributed by atoms with E-state index in [1.165, 1.54) is 7.05 Å². The van der Waals surface area contributed by atoms with Gasteiger partial charge in [0, 0.05) is 27.4 Å². The van der Waals surface area contributed by atoms with Crippen LogP contribution in [0.1, 0.15) is 35.7 Å². The van der Waals surface area contributed by atoms with Crippen molar-refractivity contribution in [3.63, 3.8) is 0 Å². The Bertz CT molecular complexity index is 981. The van der Waals surface area contributed by atoms with Crippen molar-refractivity contribution in [2.24, 2.45) is 14.0 Å². The molecular weight excluding hydrogens is 260 g/mol. The molecule has 0 fully saturated rings. The molecule has 0 bridgehead atoms. The normalized spacial score (nSPS) is 21.1. The minimum absolute atomic E-state index is 0.0572. The van der Waals surface area contributed by atoms with Gasteiger partial charge in [0.1, 0.15) is 1.37 Å². The third kappa shape index (κ3) is 2.53. The molecule has 0 spiro atoms. The van der Waals surface area contributed by atoms with E-state index in [9.17, 15) is 14.7 Å². The third-order valence-corrected chi connectivity index (χ3v) is 2.91. The van der Waals surface area contributed by atoms with Gasteiger partial charge in [-0.15, -0.1) is 0 Å². The fourth-order valence-electron chi connectivity index (χ4n) is 1.92. The van der Waals surface area contributed by atoms with Crippen LogP contribution in [-0.4, -0.2) is 29.9 Å². The number of hydrogen-bond acceptors (Lipinski definition) is 4. The van der Waals surface area contributed by atoms with Crippen molar-refractivity contribution in [1.29, 1.82) is 0 Å². The lowest BCUT2D eigenvalue weighted by molar-refractivity contribution is 0.180. The average molecular weight is 287 g/mol. The van der Waals surface area contributed by atoms with Crippen molar-refractivity contribution >= 4 is 11.2 Å². The molecule has 0 saturated carbocycles. The standard InChI is InChI=1S/C13H20N4O3/c1-9(18)6-4-5-7-17-12(19)10-11(14-8-15(10)2)16(3)13(17)20/h8-9,18H,4-7H2,1-3H3/i2D3,6D2,8D,9D. The maximum Gasteiger partial charge on any atom is 0.332 e. The van der Waals surface area contributed by atoms with Crippen LogP contribution in [0.5, 0.6) is 0 Å². The van der Waals surface area contributed by atoms with Gasteiger partial charge in [0.25, 0.3) is 5.56 Å². The Morgan fingerprint density at radius 2 is 2.35 bits per heavy atom. The molecule has 1 unspecified atom stereocenters. The number of aryl methyl sites for hydroxylation is 2. The molecule has 2 heterocycles. The van der Waals surface area contributed by atoms with Crippen molar-refractivity contribution in [2.75, 3.05) is 0 Å². The summed E-state index contributed by atoms with van der Waals surface area (Å²) in [6, 6.07) is 0. The number of hydrogen-bond donors (Lipinski definition) is 1. The van der Waals surface area contributed by atoms with Gasteiger partial charge in [0.15, 0.2) is 11.2 Å². The van der Waals surface area contributed by atoms with E-state index in [1.807, 2.05) is 0 Å². The van der Waals surface area contributed by atoms with Gasteiger partial charge in [-0.1, -0.05) is 0 Å². The summed E-state index contributed by atoms with van der Waals surface area (Å²) in [6.45, 7) is -2.10. The van der Waals surface area contributed by atoms with E-state index < -0.39 is 42.5 Å². The molecular formula is C13H20N4O3. The highest BCUT2D eigenvalue weighted by molar-refractivity contribution is 5.69. The van der Waals surface area contributed by atoms with Gasteiger partial charge in [-0.05, 0) is 26.1 Å². The quantitative estimate of drug-likeness (QED) is 0.838. The topological polar surface area (TPSA) is 82.1 Å². The Morgan fingerprint density at radius 3 is 3.00 bits per heavy atom. The Hall–Kier alpha value is -1.89. The largest absolute Gasteiger partial charge is 0.393 e. The predicted molar refractivity (Wildman–Crippen MR) is 75.7 cm³/mol. The number of fused-ring (bicyclic) bond motifs is 1. The van der Waals surface area contributed by atoms with Crippen molar-refractivity contribution < 1.29 is 14.7 Å². The van der Waals surface area contributed by atoms with E-state index in [4.69, 9.17) is 9.60 Å². The number of rotatable bonds is 5. The van der Waals surface area contributed by atoms with Gasteiger partial charge in [0.05, 0.1) is 13.8 Å². The molecule has 2 aromatic rings. The Labute approximate surface area is 125 Å². The molecule has 7 heteroatoms. The minimum atomic E-state index is -2.85. The summed E-state index contributed by atoms with van der Waals surface area (Å²) in [5.74, 6) is 0. The zero-order valence-electron chi connectivity index (χ0n) is 18.2. The number of aliphatic hydroxyl groups is 1. The second kappa shape index (κ2) is 5.62. The summed E-state index contributed by atoms with van der Waals surface area (Å²) in [6.07, 6.45) is -5.68. The lowest BCUT2D eigenvalue weighted by Gasteiger charge is -2.09. The number of aromatic nitrogens is 4. The summed E-state index contributed by atoms with van der Waals surface area (Å²) in [5.41, 5.74) is -2.39. The highest BCUT2D eigenvalue weighted by atomic mass is 16.3. The van der Waals surface area contributed by atoms with Crippen LogP contribution in [0, 0.1) is 0 Å². The first-order valence-corrected chi connectivity index (χ1v) is 6.01. The molecule has 20 heavy (non-hydrogen) atoms. The maximum absolute atomic E-state index is 12.7. The number of imidazole rings is 1. The second-order valence-corrected chi connectivity index (χ2v) is 4.38. The highest BCUT2D eigenvalue weighted by Crippen LogP contribution is 2.04. The van der Waals surface area contributed by atoms with Crippen molar-refractivity contribution in [3.05, 3.63) is 27.1 Å². The second-order valence-electron chi connectivity index (χ2n) is 4.38. The summed E-state index contributed by atoms with van der Waals surface area (Å²) in [7, 11) is 1.28.